The topological polar surface area (TPSA) is 137 Å². The van der Waals surface area contributed by atoms with E-state index in [4.69, 9.17) is 9.47 Å². The normalized spacial score (nSPS) is 29.9. The third-order valence-corrected chi connectivity index (χ3v) is 7.85. The maximum Gasteiger partial charge on any atom is 0.533 e. The van der Waals surface area contributed by atoms with Gasteiger partial charge >= 0.3 is 12.2 Å². The van der Waals surface area contributed by atoms with Crippen molar-refractivity contribution in [3.63, 3.8) is 0 Å². The summed E-state index contributed by atoms with van der Waals surface area (Å²) >= 11 is 0. The number of hydrogen-bond donors (Lipinski definition) is 2. The Morgan fingerprint density at radius 2 is 1.18 bits per heavy atom. The molecule has 2 unspecified atom stereocenters. The molecule has 38 heavy (non-hydrogen) atoms. The lowest BCUT2D eigenvalue weighted by atomic mass is 10.1. The van der Waals surface area contributed by atoms with Crippen LogP contribution < -0.4 is 11.1 Å². The van der Waals surface area contributed by atoms with Crippen LogP contribution in [0.5, 0.6) is 0 Å². The molecule has 0 aromatic heterocycles. The summed E-state index contributed by atoms with van der Waals surface area (Å²) in [5, 5.41) is 2.97. The number of nitrogens with one attached hydrogen (secondary N) is 1. The molecular weight excluding hydrogens is 490 g/mol. The van der Waals surface area contributed by atoms with Gasteiger partial charge in [-0.05, 0) is 68.2 Å². The molecular formula is C28H39N3O7. The Kier molecular flexibility index (Phi) is 11.3. The van der Waals surface area contributed by atoms with Gasteiger partial charge in [0.05, 0.1) is 13.2 Å². The van der Waals surface area contributed by atoms with Crippen molar-refractivity contribution in [1.29, 1.82) is 0 Å². The first kappa shape index (κ1) is 29.3. The Labute approximate surface area is 224 Å². The highest BCUT2D eigenvalue weighted by molar-refractivity contribution is 6.01. The predicted molar refractivity (Wildman–Crippen MR) is 137 cm³/mol. The monoisotopic (exact) mass is 529 g/mol. The number of imide groups is 1. The number of alkyl carbamates (subject to hydrolysis) is 1. The molecule has 10 heteroatoms. The molecule has 1 heterocycles. The van der Waals surface area contributed by atoms with Crippen LogP contribution in [0.4, 0.5) is 9.59 Å². The molecule has 0 bridgehead atoms. The van der Waals surface area contributed by atoms with Crippen molar-refractivity contribution in [3.8, 4) is 23.7 Å². The van der Waals surface area contributed by atoms with Crippen LogP contribution in [0.1, 0.15) is 64.2 Å². The molecule has 4 aliphatic carbocycles. The summed E-state index contributed by atoms with van der Waals surface area (Å²) in [4.78, 5) is 49.8. The number of fused-ring (bicyclic) bond motifs is 2. The minimum absolute atomic E-state index is 0.0822. The molecule has 5 aliphatic rings. The third kappa shape index (κ3) is 8.13. The highest BCUT2D eigenvalue weighted by Gasteiger charge is 2.50. The zero-order valence-electron chi connectivity index (χ0n) is 22.3. The Morgan fingerprint density at radius 3 is 1.58 bits per heavy atom. The van der Waals surface area contributed by atoms with Crippen molar-refractivity contribution in [1.82, 2.24) is 10.4 Å². The fraction of sp³-hybridized carbons (Fsp3) is 0.714. The van der Waals surface area contributed by atoms with E-state index in [9.17, 15) is 19.2 Å². The van der Waals surface area contributed by atoms with Gasteiger partial charge in [-0.1, -0.05) is 5.06 Å². The average molecular weight is 530 g/mol. The van der Waals surface area contributed by atoms with E-state index in [1.54, 1.807) is 7.05 Å². The van der Waals surface area contributed by atoms with Gasteiger partial charge in [-0.15, -0.1) is 23.7 Å². The van der Waals surface area contributed by atoms with Crippen molar-refractivity contribution < 1.29 is 33.5 Å². The molecule has 2 saturated carbocycles. The summed E-state index contributed by atoms with van der Waals surface area (Å²) in [6, 6.07) is 0. The SMILES string of the molecule is CN.CNC(=O)OCC1[C@H]2CCC#CCC[C@@H]12.O=C(OCC1[C@H]2CCC#CCC[C@@H]12)ON1C(=O)CCC1=O. The Morgan fingerprint density at radius 1 is 0.789 bits per heavy atom. The number of rotatable bonds is 5. The van der Waals surface area contributed by atoms with Crippen LogP contribution in [0.15, 0.2) is 0 Å². The van der Waals surface area contributed by atoms with Gasteiger partial charge < -0.3 is 20.5 Å². The van der Waals surface area contributed by atoms with Crippen LogP contribution in [0.25, 0.3) is 0 Å². The number of hydrogen-bond acceptors (Lipinski definition) is 8. The number of hydroxylamine groups is 2. The highest BCUT2D eigenvalue weighted by Crippen LogP contribution is 2.53. The number of nitrogens with two attached hydrogens (primary N) is 1. The summed E-state index contributed by atoms with van der Waals surface area (Å²) in [7, 11) is 3.09. The quantitative estimate of drug-likeness (QED) is 0.315. The summed E-state index contributed by atoms with van der Waals surface area (Å²) in [5.74, 6) is 15.2. The lowest BCUT2D eigenvalue weighted by Gasteiger charge is -2.12. The zero-order chi connectivity index (χ0) is 27.5. The first-order chi connectivity index (χ1) is 18.5. The van der Waals surface area contributed by atoms with E-state index in [1.807, 2.05) is 0 Å². The van der Waals surface area contributed by atoms with E-state index >= 15 is 0 Å². The Hall–Kier alpha value is -3.24. The Bertz CT molecular complexity index is 940. The predicted octanol–water partition coefficient (Wildman–Crippen LogP) is 3.00. The van der Waals surface area contributed by atoms with Crippen molar-refractivity contribution in [2.45, 2.75) is 64.2 Å². The van der Waals surface area contributed by atoms with E-state index in [-0.39, 0.29) is 25.5 Å². The lowest BCUT2D eigenvalue weighted by Crippen LogP contribution is -2.32. The first-order valence-corrected chi connectivity index (χ1v) is 13.5. The zero-order valence-corrected chi connectivity index (χ0v) is 22.3. The summed E-state index contributed by atoms with van der Waals surface area (Å²) < 4.78 is 10.1. The van der Waals surface area contributed by atoms with Crippen LogP contribution in [-0.4, -0.2) is 56.4 Å². The van der Waals surface area contributed by atoms with E-state index < -0.39 is 18.0 Å². The van der Waals surface area contributed by atoms with Crippen LogP contribution >= 0.6 is 0 Å². The van der Waals surface area contributed by atoms with Crippen LogP contribution in [-0.2, 0) is 23.9 Å². The summed E-state index contributed by atoms with van der Waals surface area (Å²) in [6.07, 6.45) is 7.15. The number of nitrogens with zero attached hydrogens (tertiary/aromatic N) is 1. The van der Waals surface area contributed by atoms with Crippen LogP contribution in [0.2, 0.25) is 0 Å². The molecule has 0 aromatic rings. The molecule has 1 aliphatic heterocycles. The van der Waals surface area contributed by atoms with Crippen LogP contribution in [0.3, 0.4) is 0 Å². The molecule has 0 aromatic carbocycles. The van der Waals surface area contributed by atoms with Gasteiger partial charge in [0.1, 0.15) is 0 Å². The van der Waals surface area contributed by atoms with Crippen molar-refractivity contribution in [2.75, 3.05) is 27.3 Å². The largest absolute Gasteiger partial charge is 0.533 e. The molecule has 208 valence electrons. The maximum atomic E-state index is 11.5. The summed E-state index contributed by atoms with van der Waals surface area (Å²) in [6.45, 7) is 0.861. The molecule has 5 rings (SSSR count). The molecule has 3 fully saturated rings. The standard InChI is InChI=1S/C15H17NO5.C12H17NO2.CH5N/c17-13-7-8-14(18)16(13)21-15(19)20-9-12-10-5-3-1-2-4-6-11(10)12;1-13-12(14)15-8-11-9-6-4-2-3-5-7-10(9)11;1-2/h10-12H,3-9H2;9-11H,4-8H2,1H3,(H,13,14);2H2,1H3/t10-,11+,12?;9-,10+,11?;. The average Bonchev–Trinajstić information content (AvgIpc) is 3.72. The smallest absolute Gasteiger partial charge is 0.449 e. The molecule has 0 radical (unpaired) electrons. The van der Waals surface area contributed by atoms with Crippen molar-refractivity contribution >= 4 is 24.1 Å². The van der Waals surface area contributed by atoms with Crippen molar-refractivity contribution in [2.24, 2.45) is 41.2 Å². The Balaban J connectivity index is 0.000000208. The van der Waals surface area contributed by atoms with Gasteiger partial charge in [-0.3, -0.25) is 14.4 Å². The second-order valence-corrected chi connectivity index (χ2v) is 9.93. The van der Waals surface area contributed by atoms with Crippen LogP contribution in [0, 0.1) is 59.2 Å². The highest BCUT2D eigenvalue weighted by atomic mass is 16.8. The maximum absolute atomic E-state index is 11.5. The van der Waals surface area contributed by atoms with Gasteiger partial charge in [0.25, 0.3) is 11.8 Å². The van der Waals surface area contributed by atoms with E-state index in [1.165, 1.54) is 19.9 Å². The van der Waals surface area contributed by atoms with Gasteiger partial charge in [-0.25, -0.2) is 9.59 Å². The third-order valence-electron chi connectivity index (χ3n) is 7.85. The van der Waals surface area contributed by atoms with Gasteiger partial charge in [0.15, 0.2) is 0 Å². The number of amides is 3. The molecule has 6 atom stereocenters. The number of carbonyl (C=O) groups is 4. The van der Waals surface area contributed by atoms with E-state index in [0.717, 1.165) is 50.4 Å². The lowest BCUT2D eigenvalue weighted by molar-refractivity contribution is -0.177. The van der Waals surface area contributed by atoms with E-state index in [2.05, 4.69) is 39.6 Å². The molecule has 0 spiro atoms. The number of ether oxygens (including phenoxy) is 2. The first-order valence-electron chi connectivity index (χ1n) is 13.5. The minimum atomic E-state index is -0.978. The van der Waals surface area contributed by atoms with Gasteiger partial charge in [0.2, 0.25) is 0 Å². The van der Waals surface area contributed by atoms with E-state index in [0.29, 0.717) is 35.3 Å². The fourth-order valence-corrected chi connectivity index (χ4v) is 5.73. The molecule has 3 amide bonds. The molecule has 10 nitrogen and oxygen atoms in total. The molecule has 3 N–H and O–H groups in total. The van der Waals surface area contributed by atoms with Crippen molar-refractivity contribution in [3.05, 3.63) is 0 Å². The fourth-order valence-electron chi connectivity index (χ4n) is 5.73. The second-order valence-electron chi connectivity index (χ2n) is 9.93. The number of carbonyl (C=O) groups excluding carboxylic acids is 4. The molecule has 1 saturated heterocycles. The summed E-state index contributed by atoms with van der Waals surface area (Å²) in [5.41, 5.74) is 4.50. The minimum Gasteiger partial charge on any atom is -0.449 e. The van der Waals surface area contributed by atoms with Gasteiger partial charge in [0, 0.05) is 45.6 Å². The van der Waals surface area contributed by atoms with Gasteiger partial charge in [-0.2, -0.15) is 0 Å². The second kappa shape index (κ2) is 14.6.